The number of nitrogens with one attached hydrogen (secondary N) is 1. The molecule has 0 saturated heterocycles. The van der Waals surface area contributed by atoms with Gasteiger partial charge in [0.2, 0.25) is 0 Å². The molecule has 1 atom stereocenters. The van der Waals surface area contributed by atoms with E-state index in [0.29, 0.717) is 32.4 Å². The molecule has 1 heterocycles. The highest BCUT2D eigenvalue weighted by atomic mass is 35.5. The number of carbonyl (C=O) groups excluding carboxylic acids is 1. The average Bonchev–Trinajstić information content (AvgIpc) is 2.78. The minimum Gasteiger partial charge on any atom is -0.480 e. The lowest BCUT2D eigenvalue weighted by molar-refractivity contribution is -0.139. The summed E-state index contributed by atoms with van der Waals surface area (Å²) in [7, 11) is 0. The Morgan fingerprint density at radius 3 is 2.24 bits per heavy atom. The number of hydrogen-bond acceptors (Lipinski definition) is 3. The molecule has 0 saturated carbocycles. The predicted octanol–water partition coefficient (Wildman–Crippen LogP) is 5.91. The van der Waals surface area contributed by atoms with E-state index < -0.39 is 35.1 Å². The molecule has 5 nitrogen and oxygen atoms in total. The van der Waals surface area contributed by atoms with Crippen LogP contribution in [0.4, 0.5) is 8.78 Å². The van der Waals surface area contributed by atoms with E-state index in [9.17, 15) is 23.5 Å². The number of benzene rings is 3. The maximum Gasteiger partial charge on any atom is 0.326 e. The number of halogens is 4. The van der Waals surface area contributed by atoms with E-state index in [0.717, 1.165) is 23.6 Å². The highest BCUT2D eigenvalue weighted by Crippen LogP contribution is 2.34. The third-order valence-electron chi connectivity index (χ3n) is 5.21. The number of carboxylic acid groups (broad SMARTS) is 1. The summed E-state index contributed by atoms with van der Waals surface area (Å²) < 4.78 is 27.8. The van der Waals surface area contributed by atoms with Gasteiger partial charge in [-0.05, 0) is 48.0 Å². The van der Waals surface area contributed by atoms with Crippen LogP contribution in [0.1, 0.15) is 15.9 Å². The van der Waals surface area contributed by atoms with Gasteiger partial charge in [-0.3, -0.25) is 4.79 Å². The lowest BCUT2D eigenvalue weighted by atomic mass is 10.0. The normalized spacial score (nSPS) is 11.9. The summed E-state index contributed by atoms with van der Waals surface area (Å²) in [4.78, 5) is 28.7. The molecular weight excluding hydrogens is 485 g/mol. The Balaban J connectivity index is 1.59. The van der Waals surface area contributed by atoms with Crippen LogP contribution in [0.15, 0.2) is 66.7 Å². The molecule has 3 aromatic carbocycles. The second-order valence-corrected chi connectivity index (χ2v) is 8.30. The molecular formula is C25H16Cl2F2N2O3. The molecule has 0 radical (unpaired) electrons. The first-order valence-electron chi connectivity index (χ1n) is 10.1. The van der Waals surface area contributed by atoms with Crippen molar-refractivity contribution in [2.24, 2.45) is 0 Å². The van der Waals surface area contributed by atoms with Gasteiger partial charge in [0.25, 0.3) is 5.91 Å². The number of carboxylic acids is 1. The third-order valence-corrected chi connectivity index (χ3v) is 5.84. The van der Waals surface area contributed by atoms with E-state index in [1.54, 1.807) is 48.5 Å². The Hall–Kier alpha value is -3.55. The molecule has 1 amide bonds. The number of pyridine rings is 1. The minimum absolute atomic E-state index is 0.106. The van der Waals surface area contributed by atoms with Crippen LogP contribution in [-0.4, -0.2) is 28.0 Å². The van der Waals surface area contributed by atoms with Crippen molar-refractivity contribution in [2.75, 3.05) is 0 Å². The summed E-state index contributed by atoms with van der Waals surface area (Å²) in [5.41, 5.74) is 1.56. The lowest BCUT2D eigenvalue weighted by Crippen LogP contribution is -2.42. The van der Waals surface area contributed by atoms with E-state index >= 15 is 0 Å². The van der Waals surface area contributed by atoms with Crippen molar-refractivity contribution in [3.05, 3.63) is 99.5 Å². The number of fused-ring (bicyclic) bond motifs is 1. The molecule has 2 N–H and O–H groups in total. The predicted molar refractivity (Wildman–Crippen MR) is 126 cm³/mol. The van der Waals surface area contributed by atoms with Crippen LogP contribution < -0.4 is 5.32 Å². The van der Waals surface area contributed by atoms with Crippen molar-refractivity contribution < 1.29 is 23.5 Å². The molecule has 0 bridgehead atoms. The standard InChI is InChI=1S/C25H16Cl2F2N2O3/c26-15-3-1-4-16(27)22(15)20-10-8-14-11-13(7-9-19(14)30-20)12-21(25(33)34)31-24(32)23-17(28)5-2-6-18(23)29/h1-11,21H,12H2,(H,31,32)(H,33,34). The number of hydrogen-bond donors (Lipinski definition) is 2. The SMILES string of the molecule is O=C(NC(Cc1ccc2nc(-c3c(Cl)cccc3Cl)ccc2c1)C(=O)O)c1c(F)cccc1F. The maximum atomic E-state index is 13.9. The van der Waals surface area contributed by atoms with Crippen molar-refractivity contribution in [3.8, 4) is 11.3 Å². The van der Waals surface area contributed by atoms with Crippen LogP contribution in [0.3, 0.4) is 0 Å². The van der Waals surface area contributed by atoms with Gasteiger partial charge in [-0.1, -0.05) is 47.5 Å². The van der Waals surface area contributed by atoms with Gasteiger partial charge in [0.15, 0.2) is 0 Å². The second kappa shape index (κ2) is 9.75. The number of aromatic nitrogens is 1. The monoisotopic (exact) mass is 500 g/mol. The molecule has 34 heavy (non-hydrogen) atoms. The minimum atomic E-state index is -1.40. The fourth-order valence-corrected chi connectivity index (χ4v) is 4.16. The third kappa shape index (κ3) is 4.85. The Kier molecular flexibility index (Phi) is 6.77. The first-order chi connectivity index (χ1) is 16.2. The molecule has 0 spiro atoms. The molecule has 0 aliphatic heterocycles. The first kappa shape index (κ1) is 23.6. The lowest BCUT2D eigenvalue weighted by Gasteiger charge is -2.16. The summed E-state index contributed by atoms with van der Waals surface area (Å²) in [5.74, 6) is -4.64. The maximum absolute atomic E-state index is 13.9. The number of nitrogens with zero attached hydrogens (tertiary/aromatic N) is 1. The highest BCUT2D eigenvalue weighted by molar-refractivity contribution is 6.39. The summed E-state index contributed by atoms with van der Waals surface area (Å²) in [6.45, 7) is 0. The topological polar surface area (TPSA) is 79.3 Å². The Bertz CT molecular complexity index is 1390. The van der Waals surface area contributed by atoms with Crippen LogP contribution in [0, 0.1) is 11.6 Å². The summed E-state index contributed by atoms with van der Waals surface area (Å²) in [5, 5.41) is 13.4. The van der Waals surface area contributed by atoms with Gasteiger partial charge in [0.1, 0.15) is 23.2 Å². The van der Waals surface area contributed by atoms with Gasteiger partial charge < -0.3 is 10.4 Å². The number of rotatable bonds is 6. The number of carbonyl (C=O) groups is 2. The van der Waals surface area contributed by atoms with Gasteiger partial charge in [-0.2, -0.15) is 0 Å². The second-order valence-electron chi connectivity index (χ2n) is 7.49. The van der Waals surface area contributed by atoms with Crippen LogP contribution in [0.2, 0.25) is 10.0 Å². The van der Waals surface area contributed by atoms with Gasteiger partial charge in [-0.15, -0.1) is 0 Å². The summed E-state index contributed by atoms with van der Waals surface area (Å²) in [6, 6.07) is 15.4. The van der Waals surface area contributed by atoms with E-state index in [1.165, 1.54) is 0 Å². The fraction of sp³-hybridized carbons (Fsp3) is 0.0800. The van der Waals surface area contributed by atoms with Gasteiger partial charge in [0, 0.05) is 17.4 Å². The van der Waals surface area contributed by atoms with Crippen molar-refractivity contribution in [3.63, 3.8) is 0 Å². The number of aliphatic carboxylic acids is 1. The summed E-state index contributed by atoms with van der Waals surface area (Å²) in [6.07, 6.45) is -0.106. The molecule has 0 aliphatic carbocycles. The van der Waals surface area contributed by atoms with Crippen LogP contribution in [0.5, 0.6) is 0 Å². The molecule has 4 aromatic rings. The molecule has 0 fully saturated rings. The zero-order valence-corrected chi connectivity index (χ0v) is 18.9. The zero-order valence-electron chi connectivity index (χ0n) is 17.4. The smallest absolute Gasteiger partial charge is 0.326 e. The Morgan fingerprint density at radius 1 is 0.941 bits per heavy atom. The molecule has 172 valence electrons. The van der Waals surface area contributed by atoms with E-state index in [2.05, 4.69) is 10.3 Å². The molecule has 1 aromatic heterocycles. The van der Waals surface area contributed by atoms with Crippen molar-refractivity contribution >= 4 is 46.0 Å². The molecule has 1 unspecified atom stereocenters. The van der Waals surface area contributed by atoms with Crippen LogP contribution in [0.25, 0.3) is 22.2 Å². The largest absolute Gasteiger partial charge is 0.480 e. The van der Waals surface area contributed by atoms with Crippen molar-refractivity contribution in [1.82, 2.24) is 10.3 Å². The van der Waals surface area contributed by atoms with E-state index in [4.69, 9.17) is 23.2 Å². The van der Waals surface area contributed by atoms with E-state index in [-0.39, 0.29) is 6.42 Å². The Morgan fingerprint density at radius 2 is 1.59 bits per heavy atom. The highest BCUT2D eigenvalue weighted by Gasteiger charge is 2.25. The van der Waals surface area contributed by atoms with Gasteiger partial charge in [-0.25, -0.2) is 18.6 Å². The van der Waals surface area contributed by atoms with Crippen molar-refractivity contribution in [2.45, 2.75) is 12.5 Å². The summed E-state index contributed by atoms with van der Waals surface area (Å²) >= 11 is 12.5. The fourth-order valence-electron chi connectivity index (χ4n) is 3.56. The molecule has 0 aliphatic rings. The Labute approximate surface area is 203 Å². The average molecular weight is 501 g/mol. The zero-order chi connectivity index (χ0) is 24.4. The molecule has 4 rings (SSSR count). The van der Waals surface area contributed by atoms with E-state index in [1.807, 2.05) is 0 Å². The van der Waals surface area contributed by atoms with Crippen LogP contribution >= 0.6 is 23.2 Å². The van der Waals surface area contributed by atoms with Gasteiger partial charge in [0.05, 0.1) is 21.3 Å². The van der Waals surface area contributed by atoms with Gasteiger partial charge >= 0.3 is 5.97 Å². The molecule has 9 heteroatoms. The van der Waals surface area contributed by atoms with Crippen molar-refractivity contribution in [1.29, 1.82) is 0 Å². The number of amides is 1. The quantitative estimate of drug-likeness (QED) is 0.344. The first-order valence-corrected chi connectivity index (χ1v) is 10.8. The van der Waals surface area contributed by atoms with Crippen LogP contribution in [-0.2, 0) is 11.2 Å².